The highest BCUT2D eigenvalue weighted by Gasteiger charge is 2.38. The van der Waals surface area contributed by atoms with Gasteiger partial charge in [0.2, 0.25) is 0 Å². The van der Waals surface area contributed by atoms with Crippen LogP contribution in [0.1, 0.15) is 25.1 Å². The Hall–Kier alpha value is -4.75. The zero-order valence-electron chi connectivity index (χ0n) is 21.0. The molecule has 0 saturated carbocycles. The predicted octanol–water partition coefficient (Wildman–Crippen LogP) is 5.52. The monoisotopic (exact) mass is 535 g/mol. The molecule has 0 fully saturated rings. The molecule has 10 heteroatoms. The number of fused-ring (bicyclic) bond motifs is 1. The summed E-state index contributed by atoms with van der Waals surface area (Å²) >= 11 is 0. The topological polar surface area (TPSA) is 126 Å². The van der Waals surface area contributed by atoms with Crippen molar-refractivity contribution in [3.63, 3.8) is 0 Å². The minimum absolute atomic E-state index is 0.483. The van der Waals surface area contributed by atoms with Crippen molar-refractivity contribution in [1.29, 1.82) is 0 Å². The average molecular weight is 536 g/mol. The molecule has 0 radical (unpaired) electrons. The minimum atomic E-state index is -5.08. The fraction of sp³-hybridized carbons (Fsp3) is 0.172. The molecule has 0 atom stereocenters. The lowest BCUT2D eigenvalue weighted by Gasteiger charge is -2.13. The summed E-state index contributed by atoms with van der Waals surface area (Å²) in [7, 11) is 0. The summed E-state index contributed by atoms with van der Waals surface area (Å²) in [6, 6.07) is 22.0. The Morgan fingerprint density at radius 3 is 2.08 bits per heavy atom. The van der Waals surface area contributed by atoms with E-state index < -0.39 is 23.5 Å². The number of alkyl halides is 3. The normalized spacial score (nSPS) is 11.1. The molecule has 4 rings (SSSR count). The quantitative estimate of drug-likeness (QED) is 0.294. The molecule has 200 valence electrons. The molecule has 39 heavy (non-hydrogen) atoms. The number of rotatable bonds is 4. The largest absolute Gasteiger partial charge is 0.490 e. The van der Waals surface area contributed by atoms with Crippen LogP contribution in [0.3, 0.4) is 0 Å². The molecule has 0 bridgehead atoms. The maximum Gasteiger partial charge on any atom is 0.490 e. The Morgan fingerprint density at radius 2 is 1.54 bits per heavy atom. The van der Waals surface area contributed by atoms with Crippen molar-refractivity contribution in [2.45, 2.75) is 26.6 Å². The molecule has 0 aliphatic heterocycles. The lowest BCUT2D eigenvalue weighted by atomic mass is 9.94. The number of aliphatic carboxylic acids is 2. The van der Waals surface area contributed by atoms with Crippen molar-refractivity contribution < 1.29 is 33.0 Å². The maximum atomic E-state index is 11.4. The second kappa shape index (κ2) is 11.8. The number of carbonyl (C=O) groups is 2. The van der Waals surface area contributed by atoms with E-state index in [9.17, 15) is 23.1 Å². The van der Waals surface area contributed by atoms with Crippen LogP contribution in [-0.2, 0) is 16.1 Å². The first-order valence-corrected chi connectivity index (χ1v) is 11.5. The zero-order valence-corrected chi connectivity index (χ0v) is 21.0. The van der Waals surface area contributed by atoms with E-state index in [0.717, 1.165) is 38.9 Å². The van der Waals surface area contributed by atoms with Crippen LogP contribution in [0.15, 0.2) is 72.9 Å². The van der Waals surface area contributed by atoms with E-state index in [0.29, 0.717) is 12.2 Å². The van der Waals surface area contributed by atoms with Crippen LogP contribution in [0.25, 0.3) is 33.3 Å². The number of carboxylic acid groups (broad SMARTS) is 2. The second-order valence-corrected chi connectivity index (χ2v) is 8.86. The first kappa shape index (κ1) is 28.8. The van der Waals surface area contributed by atoms with Crippen molar-refractivity contribution in [1.82, 2.24) is 9.97 Å². The molecule has 7 nitrogen and oxygen atoms in total. The van der Waals surface area contributed by atoms with Crippen LogP contribution < -0.4 is 5.73 Å². The first-order valence-electron chi connectivity index (χ1n) is 11.5. The summed E-state index contributed by atoms with van der Waals surface area (Å²) < 4.78 is 31.7. The molecular formula is C29H24F3N3O4. The molecule has 0 saturated heterocycles. The molecule has 0 unspecified atom stereocenters. The minimum Gasteiger partial charge on any atom is -0.480 e. The summed E-state index contributed by atoms with van der Waals surface area (Å²) in [5.74, 6) is 2.07. The van der Waals surface area contributed by atoms with Gasteiger partial charge in [-0.1, -0.05) is 60.5 Å². The zero-order chi connectivity index (χ0) is 28.8. The molecule has 4 aromatic rings. The molecule has 2 heterocycles. The summed E-state index contributed by atoms with van der Waals surface area (Å²) in [6.07, 6.45) is -3.43. The van der Waals surface area contributed by atoms with Gasteiger partial charge in [0.05, 0.1) is 11.2 Å². The summed E-state index contributed by atoms with van der Waals surface area (Å²) in [5, 5.41) is 17.3. The number of hydrogen-bond donors (Lipinski definition) is 3. The summed E-state index contributed by atoms with van der Waals surface area (Å²) in [6.45, 7) is 3.63. The van der Waals surface area contributed by atoms with Crippen molar-refractivity contribution in [3.05, 3.63) is 84.2 Å². The van der Waals surface area contributed by atoms with Gasteiger partial charge in [-0.15, -0.1) is 0 Å². The molecule has 2 aromatic carbocycles. The number of nitrogens with zero attached hydrogens (tertiary/aromatic N) is 2. The van der Waals surface area contributed by atoms with Gasteiger partial charge in [0.15, 0.2) is 0 Å². The Morgan fingerprint density at radius 1 is 0.923 bits per heavy atom. The van der Waals surface area contributed by atoms with Crippen LogP contribution in [0.5, 0.6) is 0 Å². The Kier molecular flexibility index (Phi) is 8.68. The van der Waals surface area contributed by atoms with Crippen molar-refractivity contribution in [3.8, 4) is 34.2 Å². The van der Waals surface area contributed by atoms with Gasteiger partial charge in [0, 0.05) is 29.3 Å². The SMILES string of the molecule is CC(C)(C#Cc1nccc2nc(-c3ccc(CN)cc3)c(-c3ccccc3)cc12)C(=O)O.O=C(O)C(F)(F)F. The van der Waals surface area contributed by atoms with Crippen LogP contribution in [-0.4, -0.2) is 38.3 Å². The van der Waals surface area contributed by atoms with Gasteiger partial charge in [-0.2, -0.15) is 13.2 Å². The number of nitrogens with two attached hydrogens (primary N) is 1. The van der Waals surface area contributed by atoms with Crippen LogP contribution >= 0.6 is 0 Å². The standard InChI is InChI=1S/C27H23N3O2.C2HF3O2/c1-27(2,26(31)32)14-12-23-22-16-21(19-6-4-3-5-7-19)25(30-24(22)13-15-29-23)20-10-8-18(17-28)9-11-20;3-2(4,5)1(6)7/h3-11,13,15-16H,17,28H2,1-2H3,(H,31,32);(H,6,7). The van der Waals surface area contributed by atoms with E-state index in [2.05, 4.69) is 16.8 Å². The van der Waals surface area contributed by atoms with Gasteiger partial charge in [-0.3, -0.25) is 4.79 Å². The number of carboxylic acids is 2. The van der Waals surface area contributed by atoms with Gasteiger partial charge in [0.1, 0.15) is 11.1 Å². The van der Waals surface area contributed by atoms with Crippen molar-refractivity contribution >= 4 is 22.8 Å². The molecule has 0 amide bonds. The summed E-state index contributed by atoms with van der Waals surface area (Å²) in [5.41, 5.74) is 10.7. The Bertz CT molecular complexity index is 1560. The average Bonchev–Trinajstić information content (AvgIpc) is 2.91. The molecule has 4 N–H and O–H groups in total. The van der Waals surface area contributed by atoms with Crippen LogP contribution in [0.4, 0.5) is 13.2 Å². The van der Waals surface area contributed by atoms with Gasteiger partial charge in [-0.25, -0.2) is 14.8 Å². The van der Waals surface area contributed by atoms with E-state index in [-0.39, 0.29) is 0 Å². The molecule has 0 aliphatic rings. The van der Waals surface area contributed by atoms with Gasteiger partial charge in [-0.05, 0) is 43.0 Å². The molecular weight excluding hydrogens is 511 g/mol. The van der Waals surface area contributed by atoms with Gasteiger partial charge >= 0.3 is 18.1 Å². The van der Waals surface area contributed by atoms with E-state index in [1.165, 1.54) is 0 Å². The van der Waals surface area contributed by atoms with E-state index >= 15 is 0 Å². The second-order valence-electron chi connectivity index (χ2n) is 8.86. The van der Waals surface area contributed by atoms with E-state index in [1.54, 1.807) is 20.0 Å². The number of benzene rings is 2. The lowest BCUT2D eigenvalue weighted by Crippen LogP contribution is -2.21. The van der Waals surface area contributed by atoms with E-state index in [4.69, 9.17) is 20.6 Å². The van der Waals surface area contributed by atoms with E-state index in [1.807, 2.05) is 66.7 Å². The lowest BCUT2D eigenvalue weighted by molar-refractivity contribution is -0.192. The number of aromatic nitrogens is 2. The number of halogens is 3. The van der Waals surface area contributed by atoms with Crippen LogP contribution in [0, 0.1) is 17.3 Å². The first-order chi connectivity index (χ1) is 18.3. The van der Waals surface area contributed by atoms with Crippen LogP contribution in [0.2, 0.25) is 0 Å². The molecule has 2 aromatic heterocycles. The third-order valence-electron chi connectivity index (χ3n) is 5.56. The maximum absolute atomic E-state index is 11.4. The predicted molar refractivity (Wildman–Crippen MR) is 140 cm³/mol. The molecule has 0 aliphatic carbocycles. The Balaban J connectivity index is 0.000000532. The van der Waals surface area contributed by atoms with Gasteiger partial charge in [0.25, 0.3) is 0 Å². The third-order valence-corrected chi connectivity index (χ3v) is 5.56. The van der Waals surface area contributed by atoms with Crippen molar-refractivity contribution in [2.75, 3.05) is 0 Å². The number of hydrogen-bond acceptors (Lipinski definition) is 5. The van der Waals surface area contributed by atoms with Crippen molar-refractivity contribution in [2.24, 2.45) is 11.1 Å². The number of pyridine rings is 2. The third kappa shape index (κ3) is 7.18. The fourth-order valence-corrected chi connectivity index (χ4v) is 3.32. The highest BCUT2D eigenvalue weighted by molar-refractivity contribution is 5.94. The Labute approximate surface area is 222 Å². The smallest absolute Gasteiger partial charge is 0.480 e. The highest BCUT2D eigenvalue weighted by Crippen LogP contribution is 2.34. The molecule has 0 spiro atoms. The fourth-order valence-electron chi connectivity index (χ4n) is 3.32. The summed E-state index contributed by atoms with van der Waals surface area (Å²) in [4.78, 5) is 29.7. The highest BCUT2D eigenvalue weighted by atomic mass is 19.4. The van der Waals surface area contributed by atoms with Gasteiger partial charge < -0.3 is 15.9 Å².